The van der Waals surface area contributed by atoms with E-state index in [1.165, 1.54) is 0 Å². The number of anilines is 1. The highest BCUT2D eigenvalue weighted by Crippen LogP contribution is 2.09. The summed E-state index contributed by atoms with van der Waals surface area (Å²) in [5.74, 6) is -1.89. The van der Waals surface area contributed by atoms with Gasteiger partial charge in [0, 0.05) is 12.1 Å². The zero-order chi connectivity index (χ0) is 12.6. The SMILES string of the molecule is Nc1cc(=O)n(-c2cc(F)cc(F)c2)c(=O)[nH]1. The number of H-pyrrole nitrogens is 1. The van der Waals surface area contributed by atoms with Crippen molar-refractivity contribution < 1.29 is 8.78 Å². The lowest BCUT2D eigenvalue weighted by Crippen LogP contribution is -2.33. The van der Waals surface area contributed by atoms with Crippen molar-refractivity contribution in [2.75, 3.05) is 5.73 Å². The summed E-state index contributed by atoms with van der Waals surface area (Å²) in [7, 11) is 0. The van der Waals surface area contributed by atoms with Crippen molar-refractivity contribution in [1.29, 1.82) is 0 Å². The number of nitrogens with two attached hydrogens (primary N) is 1. The molecule has 0 saturated carbocycles. The predicted octanol–water partition coefficient (Wildman–Crippen LogP) is 0.386. The van der Waals surface area contributed by atoms with Crippen molar-refractivity contribution in [3.8, 4) is 5.69 Å². The van der Waals surface area contributed by atoms with E-state index in [4.69, 9.17) is 5.73 Å². The summed E-state index contributed by atoms with van der Waals surface area (Å²) >= 11 is 0. The maximum atomic E-state index is 13.0. The van der Waals surface area contributed by atoms with Crippen LogP contribution in [0.1, 0.15) is 0 Å². The third kappa shape index (κ3) is 2.07. The van der Waals surface area contributed by atoms with Gasteiger partial charge in [-0.15, -0.1) is 0 Å². The molecule has 17 heavy (non-hydrogen) atoms. The number of nitrogen functional groups attached to an aromatic ring is 1. The molecule has 0 atom stereocenters. The zero-order valence-corrected chi connectivity index (χ0v) is 8.41. The summed E-state index contributed by atoms with van der Waals surface area (Å²) in [6.07, 6.45) is 0. The van der Waals surface area contributed by atoms with Gasteiger partial charge in [0.05, 0.1) is 5.69 Å². The highest BCUT2D eigenvalue weighted by atomic mass is 19.1. The summed E-state index contributed by atoms with van der Waals surface area (Å²) in [6, 6.07) is 3.33. The Kier molecular flexibility index (Phi) is 2.51. The minimum Gasteiger partial charge on any atom is -0.385 e. The molecule has 0 aliphatic carbocycles. The Labute approximate surface area is 93.1 Å². The predicted molar refractivity (Wildman–Crippen MR) is 57.0 cm³/mol. The second kappa shape index (κ2) is 3.85. The molecule has 0 unspecified atom stereocenters. The van der Waals surface area contributed by atoms with Crippen LogP contribution in [0.2, 0.25) is 0 Å². The molecule has 2 rings (SSSR count). The molecule has 0 spiro atoms. The summed E-state index contributed by atoms with van der Waals surface area (Å²) in [4.78, 5) is 25.1. The first kappa shape index (κ1) is 11.1. The fraction of sp³-hybridized carbons (Fsp3) is 0. The normalized spacial score (nSPS) is 10.5. The van der Waals surface area contributed by atoms with Gasteiger partial charge < -0.3 is 5.73 Å². The summed E-state index contributed by atoms with van der Waals surface area (Å²) in [6.45, 7) is 0. The van der Waals surface area contributed by atoms with Crippen LogP contribution in [-0.4, -0.2) is 9.55 Å². The summed E-state index contributed by atoms with van der Waals surface area (Å²) in [5.41, 5.74) is 3.42. The average molecular weight is 239 g/mol. The molecule has 0 fully saturated rings. The van der Waals surface area contributed by atoms with Gasteiger partial charge in [0.2, 0.25) is 0 Å². The van der Waals surface area contributed by atoms with Crippen molar-refractivity contribution in [2.24, 2.45) is 0 Å². The number of hydrogen-bond acceptors (Lipinski definition) is 3. The molecule has 1 aromatic carbocycles. The van der Waals surface area contributed by atoms with Gasteiger partial charge in [-0.3, -0.25) is 9.78 Å². The molecular formula is C10H7F2N3O2. The van der Waals surface area contributed by atoms with E-state index < -0.39 is 22.9 Å². The van der Waals surface area contributed by atoms with E-state index >= 15 is 0 Å². The van der Waals surface area contributed by atoms with Crippen molar-refractivity contribution in [2.45, 2.75) is 0 Å². The molecule has 7 heteroatoms. The maximum absolute atomic E-state index is 13.0. The van der Waals surface area contributed by atoms with Gasteiger partial charge in [-0.25, -0.2) is 18.1 Å². The topological polar surface area (TPSA) is 80.9 Å². The molecule has 1 aromatic heterocycles. The van der Waals surface area contributed by atoms with Gasteiger partial charge in [-0.1, -0.05) is 0 Å². The quantitative estimate of drug-likeness (QED) is 0.755. The molecular weight excluding hydrogens is 232 g/mol. The molecule has 0 bridgehead atoms. The van der Waals surface area contributed by atoms with Crippen molar-refractivity contribution in [1.82, 2.24) is 9.55 Å². The van der Waals surface area contributed by atoms with Gasteiger partial charge in [-0.05, 0) is 12.1 Å². The van der Waals surface area contributed by atoms with Crippen LogP contribution in [0, 0.1) is 11.6 Å². The van der Waals surface area contributed by atoms with Gasteiger partial charge >= 0.3 is 5.69 Å². The third-order valence-electron chi connectivity index (χ3n) is 2.06. The van der Waals surface area contributed by atoms with E-state index in [0.717, 1.165) is 18.2 Å². The molecule has 0 aliphatic heterocycles. The lowest BCUT2D eigenvalue weighted by atomic mass is 10.3. The molecule has 1 heterocycles. The van der Waals surface area contributed by atoms with Crippen LogP contribution in [0.4, 0.5) is 14.6 Å². The van der Waals surface area contributed by atoms with Crippen LogP contribution in [-0.2, 0) is 0 Å². The fourth-order valence-electron chi connectivity index (χ4n) is 1.43. The number of rotatable bonds is 1. The standard InChI is InChI=1S/C10H7F2N3O2/c11-5-1-6(12)3-7(2-5)15-9(16)4-8(13)14-10(15)17/h1-4H,13H2,(H,14,17). The molecule has 0 aliphatic rings. The number of halogens is 2. The average Bonchev–Trinajstić information content (AvgIpc) is 2.13. The van der Waals surface area contributed by atoms with Crippen LogP contribution >= 0.6 is 0 Å². The Morgan fingerprint density at radius 1 is 1.06 bits per heavy atom. The van der Waals surface area contributed by atoms with Crippen LogP contribution in [0.5, 0.6) is 0 Å². The first-order chi connectivity index (χ1) is 7.97. The van der Waals surface area contributed by atoms with Gasteiger partial charge in [0.1, 0.15) is 17.5 Å². The highest BCUT2D eigenvalue weighted by molar-refractivity contribution is 5.35. The summed E-state index contributed by atoms with van der Waals surface area (Å²) < 4.78 is 26.5. The number of nitrogens with one attached hydrogen (secondary N) is 1. The van der Waals surface area contributed by atoms with Crippen molar-refractivity contribution in [3.63, 3.8) is 0 Å². The second-order valence-electron chi connectivity index (χ2n) is 3.33. The molecule has 0 saturated heterocycles. The maximum Gasteiger partial charge on any atom is 0.334 e. The number of benzene rings is 1. The van der Waals surface area contributed by atoms with Crippen LogP contribution in [0.25, 0.3) is 5.69 Å². The van der Waals surface area contributed by atoms with Gasteiger partial charge in [0.15, 0.2) is 0 Å². The smallest absolute Gasteiger partial charge is 0.334 e. The third-order valence-corrected chi connectivity index (χ3v) is 2.06. The summed E-state index contributed by atoms with van der Waals surface area (Å²) in [5, 5.41) is 0. The minimum atomic E-state index is -0.886. The number of aromatic nitrogens is 2. The Hall–Kier alpha value is -2.44. The van der Waals surface area contributed by atoms with E-state index in [9.17, 15) is 18.4 Å². The lowest BCUT2D eigenvalue weighted by molar-refractivity contribution is 0.580. The Bertz CT molecular complexity index is 639. The Balaban J connectivity index is 2.77. The minimum absolute atomic E-state index is 0.117. The first-order valence-electron chi connectivity index (χ1n) is 4.56. The first-order valence-corrected chi connectivity index (χ1v) is 4.56. The second-order valence-corrected chi connectivity index (χ2v) is 3.33. The van der Waals surface area contributed by atoms with Crippen LogP contribution in [0.15, 0.2) is 33.9 Å². The van der Waals surface area contributed by atoms with E-state index in [2.05, 4.69) is 4.98 Å². The van der Waals surface area contributed by atoms with Crippen molar-refractivity contribution in [3.05, 3.63) is 56.7 Å². The van der Waals surface area contributed by atoms with E-state index in [0.29, 0.717) is 10.6 Å². The van der Waals surface area contributed by atoms with E-state index in [-0.39, 0.29) is 11.5 Å². The van der Waals surface area contributed by atoms with Crippen LogP contribution < -0.4 is 17.0 Å². The molecule has 2 aromatic rings. The molecule has 5 nitrogen and oxygen atoms in total. The zero-order valence-electron chi connectivity index (χ0n) is 8.41. The fourth-order valence-corrected chi connectivity index (χ4v) is 1.43. The molecule has 3 N–H and O–H groups in total. The largest absolute Gasteiger partial charge is 0.385 e. The van der Waals surface area contributed by atoms with Crippen molar-refractivity contribution >= 4 is 5.82 Å². The van der Waals surface area contributed by atoms with Crippen LogP contribution in [0.3, 0.4) is 0 Å². The molecule has 88 valence electrons. The van der Waals surface area contributed by atoms with Gasteiger partial charge in [0.25, 0.3) is 5.56 Å². The number of nitrogens with zero attached hydrogens (tertiary/aromatic N) is 1. The Morgan fingerprint density at radius 2 is 1.65 bits per heavy atom. The highest BCUT2D eigenvalue weighted by Gasteiger charge is 2.08. The number of aromatic amines is 1. The van der Waals surface area contributed by atoms with E-state index in [1.54, 1.807) is 0 Å². The molecule has 0 radical (unpaired) electrons. The number of hydrogen-bond donors (Lipinski definition) is 2. The van der Waals surface area contributed by atoms with Gasteiger partial charge in [-0.2, -0.15) is 0 Å². The monoisotopic (exact) mass is 239 g/mol. The molecule has 0 amide bonds. The Morgan fingerprint density at radius 3 is 2.18 bits per heavy atom. The lowest BCUT2D eigenvalue weighted by Gasteiger charge is -2.04. The van der Waals surface area contributed by atoms with E-state index in [1.807, 2.05) is 0 Å².